The fourth-order valence-electron chi connectivity index (χ4n) is 1.53. The smallest absolute Gasteiger partial charge is 0.244 e. The van der Waals surface area contributed by atoms with Crippen LogP contribution in [0, 0.1) is 5.82 Å². The number of benzene rings is 1. The molecule has 2 aromatic rings. The summed E-state index contributed by atoms with van der Waals surface area (Å²) in [7, 11) is 0. The van der Waals surface area contributed by atoms with Crippen LogP contribution in [0.4, 0.5) is 4.39 Å². The molecule has 0 unspecified atom stereocenters. The Balaban J connectivity index is 1.88. The lowest BCUT2D eigenvalue weighted by atomic mass is 10.2. The van der Waals surface area contributed by atoms with E-state index < -0.39 is 0 Å². The van der Waals surface area contributed by atoms with Gasteiger partial charge in [0.15, 0.2) is 0 Å². The van der Waals surface area contributed by atoms with E-state index in [1.807, 2.05) is 12.1 Å². The summed E-state index contributed by atoms with van der Waals surface area (Å²) in [5, 5.41) is 2.72. The molecule has 96 valence electrons. The van der Waals surface area contributed by atoms with Gasteiger partial charge in [-0.2, -0.15) is 0 Å². The van der Waals surface area contributed by atoms with E-state index in [-0.39, 0.29) is 11.7 Å². The van der Waals surface area contributed by atoms with Crippen LogP contribution in [0.25, 0.3) is 6.08 Å². The molecule has 1 N–H and O–H groups in total. The van der Waals surface area contributed by atoms with Crippen molar-refractivity contribution in [3.8, 4) is 0 Å². The Morgan fingerprint density at radius 1 is 1.32 bits per heavy atom. The van der Waals surface area contributed by atoms with Gasteiger partial charge in [0.05, 0.1) is 0 Å². The Morgan fingerprint density at radius 2 is 2.21 bits per heavy atom. The number of pyridine rings is 1. The highest BCUT2D eigenvalue weighted by Gasteiger charge is 1.97. The second-order valence-electron chi connectivity index (χ2n) is 3.97. The molecule has 0 fully saturated rings. The Labute approximate surface area is 110 Å². The minimum absolute atomic E-state index is 0.229. The van der Waals surface area contributed by atoms with E-state index >= 15 is 0 Å². The van der Waals surface area contributed by atoms with E-state index in [0.717, 1.165) is 5.56 Å². The van der Waals surface area contributed by atoms with Gasteiger partial charge >= 0.3 is 0 Å². The van der Waals surface area contributed by atoms with Crippen molar-refractivity contribution in [2.24, 2.45) is 0 Å². The van der Waals surface area contributed by atoms with Crippen LogP contribution in [0.1, 0.15) is 11.1 Å². The fraction of sp³-hybridized carbons (Fsp3) is 0.0667. The standard InChI is InChI=1S/C15H13FN2O/c16-14-5-1-3-12(9-14)6-7-15(19)18-11-13-4-2-8-17-10-13/h1-10H,11H2,(H,18,19)/b7-6+. The topological polar surface area (TPSA) is 42.0 Å². The number of hydrogen-bond acceptors (Lipinski definition) is 2. The lowest BCUT2D eigenvalue weighted by Gasteiger charge is -2.01. The summed E-state index contributed by atoms with van der Waals surface area (Å²) in [6, 6.07) is 9.74. The first-order valence-electron chi connectivity index (χ1n) is 5.84. The van der Waals surface area contributed by atoms with E-state index in [0.29, 0.717) is 12.1 Å². The highest BCUT2D eigenvalue weighted by molar-refractivity contribution is 5.91. The Hall–Kier alpha value is -2.49. The zero-order valence-corrected chi connectivity index (χ0v) is 10.2. The maximum absolute atomic E-state index is 12.9. The van der Waals surface area contributed by atoms with Crippen LogP contribution in [0.2, 0.25) is 0 Å². The average Bonchev–Trinajstić information content (AvgIpc) is 2.44. The summed E-state index contributed by atoms with van der Waals surface area (Å²) < 4.78 is 12.9. The van der Waals surface area contributed by atoms with Gasteiger partial charge in [-0.05, 0) is 35.4 Å². The van der Waals surface area contributed by atoms with Crippen LogP contribution in [0.3, 0.4) is 0 Å². The summed E-state index contributed by atoms with van der Waals surface area (Å²) in [4.78, 5) is 15.5. The molecule has 4 heteroatoms. The first kappa shape index (κ1) is 13.0. The molecule has 0 saturated carbocycles. The third kappa shape index (κ3) is 4.35. The minimum atomic E-state index is -0.321. The quantitative estimate of drug-likeness (QED) is 0.854. The number of rotatable bonds is 4. The molecule has 3 nitrogen and oxygen atoms in total. The van der Waals surface area contributed by atoms with Crippen molar-refractivity contribution in [1.82, 2.24) is 10.3 Å². The van der Waals surface area contributed by atoms with Crippen molar-refractivity contribution >= 4 is 12.0 Å². The number of nitrogens with zero attached hydrogens (tertiary/aromatic N) is 1. The van der Waals surface area contributed by atoms with Gasteiger partial charge in [-0.1, -0.05) is 18.2 Å². The van der Waals surface area contributed by atoms with Crippen molar-refractivity contribution in [3.63, 3.8) is 0 Å². The van der Waals surface area contributed by atoms with Gasteiger partial charge in [-0.15, -0.1) is 0 Å². The molecule has 2 rings (SSSR count). The molecule has 1 aromatic heterocycles. The molecule has 0 spiro atoms. The number of hydrogen-bond donors (Lipinski definition) is 1. The van der Waals surface area contributed by atoms with Crippen LogP contribution in [0.15, 0.2) is 54.9 Å². The Kier molecular flexibility index (Phi) is 4.39. The van der Waals surface area contributed by atoms with Crippen molar-refractivity contribution < 1.29 is 9.18 Å². The molecule has 1 aromatic carbocycles. The number of nitrogens with one attached hydrogen (secondary N) is 1. The van der Waals surface area contributed by atoms with Crippen molar-refractivity contribution in [2.45, 2.75) is 6.54 Å². The number of halogens is 1. The van der Waals surface area contributed by atoms with E-state index in [1.54, 1.807) is 30.6 Å². The van der Waals surface area contributed by atoms with E-state index in [9.17, 15) is 9.18 Å². The zero-order valence-electron chi connectivity index (χ0n) is 10.2. The zero-order chi connectivity index (χ0) is 13.5. The van der Waals surface area contributed by atoms with Crippen LogP contribution in [0.5, 0.6) is 0 Å². The highest BCUT2D eigenvalue weighted by atomic mass is 19.1. The normalized spacial score (nSPS) is 10.6. The number of carbonyl (C=O) groups excluding carboxylic acids is 1. The third-order valence-electron chi connectivity index (χ3n) is 2.47. The lowest BCUT2D eigenvalue weighted by Crippen LogP contribution is -2.20. The summed E-state index contributed by atoms with van der Waals surface area (Å²) in [5.74, 6) is -0.550. The summed E-state index contributed by atoms with van der Waals surface area (Å²) in [5.41, 5.74) is 1.58. The molecule has 0 aliphatic carbocycles. The number of carbonyl (C=O) groups is 1. The van der Waals surface area contributed by atoms with Crippen molar-refractivity contribution in [1.29, 1.82) is 0 Å². The maximum Gasteiger partial charge on any atom is 0.244 e. The van der Waals surface area contributed by atoms with Crippen molar-refractivity contribution in [3.05, 3.63) is 71.8 Å². The molecule has 0 atom stereocenters. The van der Waals surface area contributed by atoms with Crippen LogP contribution in [-0.2, 0) is 11.3 Å². The fourth-order valence-corrected chi connectivity index (χ4v) is 1.53. The first-order valence-corrected chi connectivity index (χ1v) is 5.84. The predicted molar refractivity (Wildman–Crippen MR) is 71.5 cm³/mol. The molecule has 0 radical (unpaired) electrons. The summed E-state index contributed by atoms with van der Waals surface area (Å²) >= 11 is 0. The molecule has 1 heterocycles. The SMILES string of the molecule is O=C(/C=C/c1cccc(F)c1)NCc1cccnc1. The number of amides is 1. The van der Waals surface area contributed by atoms with Crippen LogP contribution < -0.4 is 5.32 Å². The molecule has 0 aliphatic rings. The summed E-state index contributed by atoms with van der Waals surface area (Å²) in [6.07, 6.45) is 6.32. The molecule has 19 heavy (non-hydrogen) atoms. The van der Waals surface area contributed by atoms with Crippen LogP contribution >= 0.6 is 0 Å². The van der Waals surface area contributed by atoms with Gasteiger partial charge in [0, 0.05) is 25.0 Å². The van der Waals surface area contributed by atoms with E-state index in [1.165, 1.54) is 18.2 Å². The van der Waals surface area contributed by atoms with Gasteiger partial charge in [0.2, 0.25) is 5.91 Å². The Morgan fingerprint density at radius 3 is 2.95 bits per heavy atom. The summed E-state index contributed by atoms with van der Waals surface area (Å²) in [6.45, 7) is 0.417. The highest BCUT2D eigenvalue weighted by Crippen LogP contribution is 2.05. The van der Waals surface area contributed by atoms with Gasteiger partial charge in [0.1, 0.15) is 5.82 Å². The van der Waals surface area contributed by atoms with Gasteiger partial charge in [-0.3, -0.25) is 9.78 Å². The molecule has 1 amide bonds. The minimum Gasteiger partial charge on any atom is -0.348 e. The monoisotopic (exact) mass is 256 g/mol. The second kappa shape index (κ2) is 6.44. The number of aromatic nitrogens is 1. The van der Waals surface area contributed by atoms with E-state index in [4.69, 9.17) is 0 Å². The van der Waals surface area contributed by atoms with Gasteiger partial charge in [-0.25, -0.2) is 4.39 Å². The first-order chi connectivity index (χ1) is 9.24. The Bertz CT molecular complexity index is 582. The predicted octanol–water partition coefficient (Wildman–Crippen LogP) is 2.55. The largest absolute Gasteiger partial charge is 0.348 e. The molecular weight excluding hydrogens is 243 g/mol. The molecular formula is C15H13FN2O. The maximum atomic E-state index is 12.9. The van der Waals surface area contributed by atoms with Gasteiger partial charge < -0.3 is 5.32 Å². The van der Waals surface area contributed by atoms with Crippen molar-refractivity contribution in [2.75, 3.05) is 0 Å². The molecule has 0 bridgehead atoms. The second-order valence-corrected chi connectivity index (χ2v) is 3.97. The van der Waals surface area contributed by atoms with Gasteiger partial charge in [0.25, 0.3) is 0 Å². The lowest BCUT2D eigenvalue weighted by molar-refractivity contribution is -0.116. The molecule has 0 saturated heterocycles. The third-order valence-corrected chi connectivity index (χ3v) is 2.47. The van der Waals surface area contributed by atoms with Crippen LogP contribution in [-0.4, -0.2) is 10.9 Å². The van der Waals surface area contributed by atoms with E-state index in [2.05, 4.69) is 10.3 Å². The molecule has 0 aliphatic heterocycles. The average molecular weight is 256 g/mol.